The highest BCUT2D eigenvalue weighted by Crippen LogP contribution is 2.06. The molecular formula is C16H31NO5. The lowest BCUT2D eigenvalue weighted by Crippen LogP contribution is -2.27. The van der Waals surface area contributed by atoms with Gasteiger partial charge in [0.2, 0.25) is 0 Å². The van der Waals surface area contributed by atoms with Crippen molar-refractivity contribution in [3.63, 3.8) is 0 Å². The fourth-order valence-electron chi connectivity index (χ4n) is 1.37. The van der Waals surface area contributed by atoms with Crippen LogP contribution in [0.5, 0.6) is 0 Å². The summed E-state index contributed by atoms with van der Waals surface area (Å²) in [4.78, 5) is 21.0. The Morgan fingerprint density at radius 1 is 1.32 bits per heavy atom. The second-order valence-electron chi connectivity index (χ2n) is 5.65. The number of methoxy groups -OCH3 is 1. The molecule has 0 rings (SSSR count). The van der Waals surface area contributed by atoms with Gasteiger partial charge in [-0.2, -0.15) is 0 Å². The van der Waals surface area contributed by atoms with Crippen LogP contribution in [-0.4, -0.2) is 37.5 Å². The molecule has 0 aromatic heterocycles. The molecule has 1 unspecified atom stereocenters. The molecule has 22 heavy (non-hydrogen) atoms. The summed E-state index contributed by atoms with van der Waals surface area (Å²) in [5, 5.41) is 0. The number of nitrogens with two attached hydrogens (primary N) is 1. The molecule has 0 aromatic carbocycles. The zero-order chi connectivity index (χ0) is 17.6. The predicted molar refractivity (Wildman–Crippen MR) is 86.5 cm³/mol. The molecule has 0 heterocycles. The summed E-state index contributed by atoms with van der Waals surface area (Å²) in [7, 11) is 1.40. The summed E-state index contributed by atoms with van der Waals surface area (Å²) in [6.07, 6.45) is 4.23. The highest BCUT2D eigenvalue weighted by atomic mass is 16.6. The van der Waals surface area contributed by atoms with Crippen molar-refractivity contribution in [1.82, 2.24) is 0 Å². The van der Waals surface area contributed by atoms with Crippen LogP contribution >= 0.6 is 0 Å². The number of allylic oxidation sites excluding steroid dienone is 1. The molecule has 0 spiro atoms. The highest BCUT2D eigenvalue weighted by Gasteiger charge is 2.13. The maximum absolute atomic E-state index is 11.0. The third-order valence-electron chi connectivity index (χ3n) is 2.39. The van der Waals surface area contributed by atoms with Gasteiger partial charge in [-0.25, -0.2) is 4.79 Å². The minimum Gasteiger partial charge on any atom is -0.469 e. The smallest absolute Gasteiger partial charge is 0.405 e. The number of unbranched alkanes of at least 4 members (excludes halogenated alkanes) is 1. The van der Waals surface area contributed by atoms with Crippen LogP contribution in [0.2, 0.25) is 0 Å². The molecule has 0 aliphatic rings. The number of hydrogen-bond acceptors (Lipinski definition) is 5. The largest absolute Gasteiger partial charge is 0.469 e. The van der Waals surface area contributed by atoms with Gasteiger partial charge in [0.1, 0.15) is 5.60 Å². The molecule has 1 amide bonds. The molecule has 0 aliphatic carbocycles. The SMILES string of the molecule is C=CCCCOC(CC)CC(=O)OC.CC(C)(C)OC(N)=O. The topological polar surface area (TPSA) is 87.8 Å². The van der Waals surface area contributed by atoms with Crippen molar-refractivity contribution in [3.8, 4) is 0 Å². The van der Waals surface area contributed by atoms with E-state index in [1.165, 1.54) is 7.11 Å². The normalized spacial score (nSPS) is 11.7. The molecule has 6 heteroatoms. The van der Waals surface area contributed by atoms with Crippen molar-refractivity contribution in [1.29, 1.82) is 0 Å². The lowest BCUT2D eigenvalue weighted by atomic mass is 10.2. The molecule has 0 fully saturated rings. The fourth-order valence-corrected chi connectivity index (χ4v) is 1.37. The predicted octanol–water partition coefficient (Wildman–Crippen LogP) is 3.19. The number of rotatable bonds is 8. The highest BCUT2D eigenvalue weighted by molar-refractivity contribution is 5.69. The van der Waals surface area contributed by atoms with Crippen molar-refractivity contribution < 1.29 is 23.8 Å². The Kier molecular flexibility index (Phi) is 13.6. The van der Waals surface area contributed by atoms with E-state index in [4.69, 9.17) is 10.5 Å². The van der Waals surface area contributed by atoms with Gasteiger partial charge in [-0.15, -0.1) is 6.58 Å². The van der Waals surface area contributed by atoms with E-state index < -0.39 is 11.7 Å². The number of carbonyl (C=O) groups is 2. The molecule has 0 saturated heterocycles. The Bertz CT molecular complexity index is 323. The van der Waals surface area contributed by atoms with Gasteiger partial charge in [0.15, 0.2) is 0 Å². The summed E-state index contributed by atoms with van der Waals surface area (Å²) in [5.41, 5.74) is 4.26. The first-order valence-electron chi connectivity index (χ1n) is 7.44. The Morgan fingerprint density at radius 3 is 2.23 bits per heavy atom. The summed E-state index contributed by atoms with van der Waals surface area (Å²) in [6.45, 7) is 11.6. The third-order valence-corrected chi connectivity index (χ3v) is 2.39. The Balaban J connectivity index is 0. The Labute approximate surface area is 134 Å². The molecule has 0 bridgehead atoms. The first-order chi connectivity index (χ1) is 10.2. The van der Waals surface area contributed by atoms with Crippen LogP contribution in [0.15, 0.2) is 12.7 Å². The van der Waals surface area contributed by atoms with Crippen molar-refractivity contribution in [3.05, 3.63) is 12.7 Å². The van der Waals surface area contributed by atoms with Crippen LogP contribution < -0.4 is 5.73 Å². The number of amides is 1. The first kappa shape index (κ1) is 22.7. The van der Waals surface area contributed by atoms with Crippen molar-refractivity contribution in [2.75, 3.05) is 13.7 Å². The molecular weight excluding hydrogens is 286 g/mol. The molecule has 2 N–H and O–H groups in total. The van der Waals surface area contributed by atoms with E-state index in [-0.39, 0.29) is 12.1 Å². The van der Waals surface area contributed by atoms with Crippen LogP contribution in [-0.2, 0) is 19.0 Å². The van der Waals surface area contributed by atoms with E-state index >= 15 is 0 Å². The monoisotopic (exact) mass is 317 g/mol. The molecule has 0 aromatic rings. The standard InChI is InChI=1S/C11H20O3.C5H11NO2/c1-4-6-7-8-14-10(5-2)9-11(12)13-3;1-5(2,3)8-4(6)7/h4,10H,1,5-9H2,2-3H3;1-3H3,(H2,6,7). The first-order valence-corrected chi connectivity index (χ1v) is 7.44. The van der Waals surface area contributed by atoms with Gasteiger partial charge in [0.05, 0.1) is 19.6 Å². The van der Waals surface area contributed by atoms with Gasteiger partial charge >= 0.3 is 12.1 Å². The minimum absolute atomic E-state index is 0.00716. The zero-order valence-electron chi connectivity index (χ0n) is 14.5. The van der Waals surface area contributed by atoms with Crippen molar-refractivity contribution >= 4 is 12.1 Å². The van der Waals surface area contributed by atoms with Crippen LogP contribution in [0, 0.1) is 0 Å². The van der Waals surface area contributed by atoms with E-state index in [2.05, 4.69) is 16.1 Å². The van der Waals surface area contributed by atoms with Crippen LogP contribution in [0.3, 0.4) is 0 Å². The molecule has 6 nitrogen and oxygen atoms in total. The van der Waals surface area contributed by atoms with Gasteiger partial charge in [0.25, 0.3) is 0 Å². The van der Waals surface area contributed by atoms with Crippen molar-refractivity contribution in [2.45, 2.75) is 65.1 Å². The van der Waals surface area contributed by atoms with Crippen LogP contribution in [0.1, 0.15) is 53.4 Å². The van der Waals surface area contributed by atoms with Crippen LogP contribution in [0.4, 0.5) is 4.79 Å². The minimum atomic E-state index is -0.725. The zero-order valence-corrected chi connectivity index (χ0v) is 14.5. The maximum Gasteiger partial charge on any atom is 0.405 e. The molecule has 0 saturated carbocycles. The molecule has 130 valence electrons. The number of carbonyl (C=O) groups excluding carboxylic acids is 2. The second-order valence-corrected chi connectivity index (χ2v) is 5.65. The van der Waals surface area contributed by atoms with E-state index in [1.54, 1.807) is 20.8 Å². The lowest BCUT2D eigenvalue weighted by molar-refractivity contribution is -0.143. The second kappa shape index (κ2) is 13.1. The molecule has 0 radical (unpaired) electrons. The summed E-state index contributed by atoms with van der Waals surface area (Å²) in [5.74, 6) is -0.208. The van der Waals surface area contributed by atoms with Gasteiger partial charge < -0.3 is 19.9 Å². The van der Waals surface area contributed by atoms with E-state index in [0.29, 0.717) is 13.0 Å². The fraction of sp³-hybridized carbons (Fsp3) is 0.750. The molecule has 0 aliphatic heterocycles. The summed E-state index contributed by atoms with van der Waals surface area (Å²) in [6, 6.07) is 0. The van der Waals surface area contributed by atoms with E-state index in [0.717, 1.165) is 19.3 Å². The number of ether oxygens (including phenoxy) is 3. The summed E-state index contributed by atoms with van der Waals surface area (Å²) >= 11 is 0. The molecule has 1 atom stereocenters. The maximum atomic E-state index is 11.0. The van der Waals surface area contributed by atoms with Gasteiger partial charge in [-0.1, -0.05) is 13.0 Å². The number of esters is 1. The number of primary amides is 1. The van der Waals surface area contributed by atoms with E-state index in [1.807, 2.05) is 13.0 Å². The van der Waals surface area contributed by atoms with Gasteiger partial charge in [0, 0.05) is 6.61 Å². The van der Waals surface area contributed by atoms with Crippen molar-refractivity contribution in [2.24, 2.45) is 5.73 Å². The lowest BCUT2D eigenvalue weighted by Gasteiger charge is -2.16. The van der Waals surface area contributed by atoms with Crippen LogP contribution in [0.25, 0.3) is 0 Å². The Hall–Kier alpha value is -1.56. The Morgan fingerprint density at radius 2 is 1.91 bits per heavy atom. The quantitative estimate of drug-likeness (QED) is 0.422. The van der Waals surface area contributed by atoms with Gasteiger partial charge in [-0.3, -0.25) is 4.79 Å². The average molecular weight is 317 g/mol. The van der Waals surface area contributed by atoms with E-state index in [9.17, 15) is 9.59 Å². The summed E-state index contributed by atoms with van der Waals surface area (Å²) < 4.78 is 14.7. The average Bonchev–Trinajstić information content (AvgIpc) is 2.39. The third kappa shape index (κ3) is 18.4. The number of hydrogen-bond donors (Lipinski definition) is 1. The van der Waals surface area contributed by atoms with Gasteiger partial charge in [-0.05, 0) is 40.0 Å².